The van der Waals surface area contributed by atoms with Gasteiger partial charge in [0.05, 0.1) is 11.4 Å². The standard InChI is InChI=1S/C43H28N3O2.Pt/c1-27-12-2-3-15-31(27)30-25-36(44-37(26-30)34-17-4-6-20-38(34)47)28-13-10-14-29(24-28)41-42(46-23-9-8-22-40(46)45-41)35-19-11-18-33-32-16-5-7-21-39(32)48-43(33)35;/h2-23,25-26,47H,1H3;/q-1;. The van der Waals surface area contributed by atoms with Gasteiger partial charge in [0.1, 0.15) is 22.6 Å². The summed E-state index contributed by atoms with van der Waals surface area (Å²) < 4.78 is 8.60. The van der Waals surface area contributed by atoms with Crippen molar-refractivity contribution in [3.63, 3.8) is 0 Å². The first-order valence-electron chi connectivity index (χ1n) is 15.9. The van der Waals surface area contributed by atoms with Gasteiger partial charge in [0, 0.05) is 60.5 Å². The summed E-state index contributed by atoms with van der Waals surface area (Å²) in [4.78, 5) is 10.2. The maximum absolute atomic E-state index is 10.8. The molecular weight excluding hydrogens is 786 g/mol. The fourth-order valence-electron chi connectivity index (χ4n) is 6.68. The van der Waals surface area contributed by atoms with Gasteiger partial charge in [-0.3, -0.25) is 9.97 Å². The topological polar surface area (TPSA) is 63.6 Å². The van der Waals surface area contributed by atoms with E-state index in [9.17, 15) is 5.11 Å². The summed E-state index contributed by atoms with van der Waals surface area (Å²) in [7, 11) is 0. The van der Waals surface area contributed by atoms with E-state index in [4.69, 9.17) is 14.4 Å². The number of furan rings is 1. The van der Waals surface area contributed by atoms with E-state index in [-0.39, 0.29) is 26.8 Å². The Hall–Kier alpha value is -5.77. The zero-order chi connectivity index (χ0) is 32.2. The van der Waals surface area contributed by atoms with E-state index in [0.717, 1.165) is 78.0 Å². The van der Waals surface area contributed by atoms with Crippen molar-refractivity contribution < 1.29 is 30.6 Å². The van der Waals surface area contributed by atoms with Crippen molar-refractivity contribution in [1.82, 2.24) is 14.4 Å². The molecule has 9 rings (SSSR count). The Morgan fingerprint density at radius 3 is 2.20 bits per heavy atom. The molecule has 5 nitrogen and oxygen atoms in total. The van der Waals surface area contributed by atoms with Gasteiger partial charge in [-0.15, -0.1) is 24.3 Å². The second-order valence-corrected chi connectivity index (χ2v) is 12.0. The molecule has 0 aliphatic rings. The number of para-hydroxylation sites is 3. The number of fused-ring (bicyclic) bond motifs is 4. The molecule has 0 atom stereocenters. The summed E-state index contributed by atoms with van der Waals surface area (Å²) in [6.07, 6.45) is 2.04. The van der Waals surface area contributed by atoms with Crippen molar-refractivity contribution in [3.8, 4) is 61.9 Å². The smallest absolute Gasteiger partial charge is 0.144 e. The van der Waals surface area contributed by atoms with Crippen LogP contribution in [0.5, 0.6) is 5.75 Å². The van der Waals surface area contributed by atoms with Crippen LogP contribution in [0.4, 0.5) is 0 Å². The maximum Gasteiger partial charge on any atom is 0.144 e. The Labute approximate surface area is 297 Å². The average molecular weight is 814 g/mol. The van der Waals surface area contributed by atoms with E-state index < -0.39 is 0 Å². The molecule has 5 aromatic carbocycles. The molecule has 0 spiro atoms. The third kappa shape index (κ3) is 5.24. The molecule has 238 valence electrons. The third-order valence-corrected chi connectivity index (χ3v) is 8.98. The molecule has 0 radical (unpaired) electrons. The van der Waals surface area contributed by atoms with Gasteiger partial charge < -0.3 is 13.9 Å². The number of hydrogen-bond donors (Lipinski definition) is 1. The predicted molar refractivity (Wildman–Crippen MR) is 193 cm³/mol. The van der Waals surface area contributed by atoms with Gasteiger partial charge in [-0.25, -0.2) is 0 Å². The van der Waals surface area contributed by atoms with Crippen LogP contribution in [0.15, 0.2) is 150 Å². The molecule has 0 fully saturated rings. The Balaban J connectivity index is 0.00000348. The molecular formula is C43H28N3O2Pt-. The zero-order valence-electron chi connectivity index (χ0n) is 26.4. The average Bonchev–Trinajstić information content (AvgIpc) is 3.71. The van der Waals surface area contributed by atoms with Crippen molar-refractivity contribution >= 4 is 27.6 Å². The Morgan fingerprint density at radius 2 is 1.33 bits per heavy atom. The first kappa shape index (κ1) is 30.6. The minimum Gasteiger partial charge on any atom is -0.507 e. The molecule has 6 heteroatoms. The molecule has 4 heterocycles. The third-order valence-electron chi connectivity index (χ3n) is 8.98. The number of imidazole rings is 1. The summed E-state index contributed by atoms with van der Waals surface area (Å²) >= 11 is 0. The molecule has 0 saturated heterocycles. The molecule has 0 saturated carbocycles. The first-order valence-corrected chi connectivity index (χ1v) is 15.9. The number of aromatic nitrogens is 3. The predicted octanol–water partition coefficient (Wildman–Crippen LogP) is 10.8. The van der Waals surface area contributed by atoms with Gasteiger partial charge in [-0.1, -0.05) is 90.0 Å². The second kappa shape index (κ2) is 12.4. The minimum absolute atomic E-state index is 0. The fourth-order valence-corrected chi connectivity index (χ4v) is 6.68. The van der Waals surface area contributed by atoms with Gasteiger partial charge in [0.2, 0.25) is 0 Å². The van der Waals surface area contributed by atoms with Crippen molar-refractivity contribution in [2.45, 2.75) is 6.92 Å². The van der Waals surface area contributed by atoms with Crippen LogP contribution in [-0.4, -0.2) is 19.5 Å². The SMILES string of the molecule is Cc1ccccc1-c1cc(-c2[c-]c(-c3nc4ccccn4c3-c3cccc4c3oc3ccccc34)ccc2)nc(-c2ccccc2O)c1.[Pt]. The van der Waals surface area contributed by atoms with Crippen molar-refractivity contribution in [3.05, 3.63) is 157 Å². The van der Waals surface area contributed by atoms with Gasteiger partial charge in [0.25, 0.3) is 0 Å². The van der Waals surface area contributed by atoms with Gasteiger partial charge in [-0.05, 0) is 66.1 Å². The molecule has 0 unspecified atom stereocenters. The zero-order valence-corrected chi connectivity index (χ0v) is 28.6. The van der Waals surface area contributed by atoms with E-state index in [1.165, 1.54) is 0 Å². The molecule has 0 aliphatic carbocycles. The number of pyridine rings is 2. The van der Waals surface area contributed by atoms with Crippen LogP contribution in [0, 0.1) is 13.0 Å². The van der Waals surface area contributed by atoms with Gasteiger partial charge in [-0.2, -0.15) is 0 Å². The van der Waals surface area contributed by atoms with Gasteiger partial charge in [0.15, 0.2) is 0 Å². The molecule has 0 bridgehead atoms. The van der Waals surface area contributed by atoms with Crippen LogP contribution >= 0.6 is 0 Å². The molecule has 1 N–H and O–H groups in total. The number of phenols is 1. The van der Waals surface area contributed by atoms with E-state index in [0.29, 0.717) is 11.3 Å². The second-order valence-electron chi connectivity index (χ2n) is 12.0. The summed E-state index contributed by atoms with van der Waals surface area (Å²) in [5, 5.41) is 12.9. The molecule has 49 heavy (non-hydrogen) atoms. The van der Waals surface area contributed by atoms with Crippen molar-refractivity contribution in [1.29, 1.82) is 0 Å². The van der Waals surface area contributed by atoms with Crippen LogP contribution in [-0.2, 0) is 21.1 Å². The van der Waals surface area contributed by atoms with Crippen LogP contribution < -0.4 is 0 Å². The molecule has 4 aromatic heterocycles. The van der Waals surface area contributed by atoms with Crippen LogP contribution in [0.2, 0.25) is 0 Å². The molecule has 0 aliphatic heterocycles. The van der Waals surface area contributed by atoms with Crippen LogP contribution in [0.1, 0.15) is 5.56 Å². The number of phenolic OH excluding ortho intramolecular Hbond substituents is 1. The van der Waals surface area contributed by atoms with Gasteiger partial charge >= 0.3 is 0 Å². The summed E-state index contributed by atoms with van der Waals surface area (Å²) in [5.41, 5.74) is 12.2. The van der Waals surface area contributed by atoms with Crippen molar-refractivity contribution in [2.75, 3.05) is 0 Å². The van der Waals surface area contributed by atoms with Crippen LogP contribution in [0.25, 0.3) is 83.7 Å². The monoisotopic (exact) mass is 813 g/mol. The van der Waals surface area contributed by atoms with Crippen molar-refractivity contribution in [2.24, 2.45) is 0 Å². The quantitative estimate of drug-likeness (QED) is 0.176. The largest absolute Gasteiger partial charge is 0.507 e. The number of rotatable bonds is 5. The number of nitrogens with zero attached hydrogens (tertiary/aromatic N) is 3. The van der Waals surface area contributed by atoms with Crippen LogP contribution in [0.3, 0.4) is 0 Å². The number of aryl methyl sites for hydroxylation is 1. The number of benzene rings is 5. The number of hydrogen-bond acceptors (Lipinski definition) is 4. The molecule has 9 aromatic rings. The number of aromatic hydroxyl groups is 1. The normalized spacial score (nSPS) is 11.3. The van der Waals surface area contributed by atoms with E-state index in [2.05, 4.69) is 59.9 Å². The minimum atomic E-state index is 0. The Kier molecular flexibility index (Phi) is 7.70. The van der Waals surface area contributed by atoms with E-state index >= 15 is 0 Å². The van der Waals surface area contributed by atoms with E-state index in [1.807, 2.05) is 97.2 Å². The maximum atomic E-state index is 10.8. The Morgan fingerprint density at radius 1 is 0.633 bits per heavy atom. The summed E-state index contributed by atoms with van der Waals surface area (Å²) in [5.74, 6) is 0.185. The van der Waals surface area contributed by atoms with E-state index in [1.54, 1.807) is 6.07 Å². The fraction of sp³-hybridized carbons (Fsp3) is 0.0233. The first-order chi connectivity index (χ1) is 23.6. The summed E-state index contributed by atoms with van der Waals surface area (Å²) in [6.45, 7) is 2.11. The molecule has 0 amide bonds. The Bertz CT molecular complexity index is 2610. The summed E-state index contributed by atoms with van der Waals surface area (Å²) in [6, 6.07) is 50.0.